The Balaban J connectivity index is 1.49. The van der Waals surface area contributed by atoms with Gasteiger partial charge in [-0.3, -0.25) is 0 Å². The fraction of sp³-hybridized carbons (Fsp3) is 0.417. The molecule has 0 bridgehead atoms. The van der Waals surface area contributed by atoms with E-state index in [0.29, 0.717) is 6.07 Å². The fourth-order valence-corrected chi connectivity index (χ4v) is 4.75. The van der Waals surface area contributed by atoms with Gasteiger partial charge in [-0.25, -0.2) is 14.1 Å². The van der Waals surface area contributed by atoms with Gasteiger partial charge in [0.2, 0.25) is 0 Å². The second-order valence-electron chi connectivity index (χ2n) is 8.83. The summed E-state index contributed by atoms with van der Waals surface area (Å²) in [5, 5.41) is 14.7. The first-order valence-corrected chi connectivity index (χ1v) is 11.6. The van der Waals surface area contributed by atoms with Gasteiger partial charge in [-0.2, -0.15) is 18.3 Å². The fourth-order valence-electron chi connectivity index (χ4n) is 4.59. The molecule has 1 aromatic heterocycles. The smallest absolute Gasteiger partial charge is 0.390 e. The van der Waals surface area contributed by atoms with Crippen molar-refractivity contribution in [2.45, 2.75) is 50.7 Å². The molecule has 2 aliphatic rings. The molecule has 0 amide bonds. The van der Waals surface area contributed by atoms with Crippen LogP contribution < -0.4 is 0 Å². The van der Waals surface area contributed by atoms with Crippen LogP contribution in [-0.4, -0.2) is 44.8 Å². The van der Waals surface area contributed by atoms with E-state index < -0.39 is 64.9 Å². The van der Waals surface area contributed by atoms with E-state index in [1.165, 1.54) is 6.92 Å². The van der Waals surface area contributed by atoms with E-state index in [2.05, 4.69) is 10.1 Å². The normalized spacial score (nSPS) is 28.7. The van der Waals surface area contributed by atoms with Crippen LogP contribution in [0.15, 0.2) is 42.5 Å². The lowest BCUT2D eigenvalue weighted by Crippen LogP contribution is -2.55. The monoisotopic (exact) mass is 527 g/mol. The maximum absolute atomic E-state index is 13.9. The molecule has 3 heterocycles. The number of hydrogen-bond acceptors (Lipinski definition) is 6. The highest BCUT2D eigenvalue weighted by Gasteiger charge is 2.49. The lowest BCUT2D eigenvalue weighted by Gasteiger charge is -2.47. The van der Waals surface area contributed by atoms with Crippen molar-refractivity contribution in [3.8, 4) is 5.69 Å². The number of ether oxygens (including phenoxy) is 3. The van der Waals surface area contributed by atoms with Gasteiger partial charge in [0.15, 0.2) is 12.1 Å². The lowest BCUT2D eigenvalue weighted by atomic mass is 9.86. The van der Waals surface area contributed by atoms with Crippen LogP contribution >= 0.6 is 11.6 Å². The number of aliphatic hydroxyl groups excluding tert-OH is 1. The SMILES string of the molecule is Cc1nc([C@@H]2OC3COC(c4ccccc4)O[C@@H]3C(C)C2O)n(-c2cc(Cl)c(F)cc2C(F)(F)F)n1. The zero-order chi connectivity index (χ0) is 25.8. The van der Waals surface area contributed by atoms with Gasteiger partial charge in [0.1, 0.15) is 23.8 Å². The molecule has 6 atom stereocenters. The Morgan fingerprint density at radius 1 is 1.14 bits per heavy atom. The Bertz CT molecular complexity index is 1250. The maximum Gasteiger partial charge on any atom is 0.418 e. The summed E-state index contributed by atoms with van der Waals surface area (Å²) in [6.45, 7) is 3.37. The largest absolute Gasteiger partial charge is 0.418 e. The standard InChI is InChI=1S/C24H22ClF4N3O4/c1-11-19(33)21(35-18-10-34-23(36-20(11)18)13-6-4-3-5-7-13)22-30-12(2)31-32(22)17-9-15(25)16(26)8-14(17)24(27,28)29/h3-9,11,18-21,23,33H,10H2,1-2H3/t11?,18?,19?,20-,21-,23?/m1/s1. The number of aryl methyl sites for hydroxylation is 1. The topological polar surface area (TPSA) is 78.6 Å². The predicted octanol–water partition coefficient (Wildman–Crippen LogP) is 4.94. The molecule has 2 fully saturated rings. The summed E-state index contributed by atoms with van der Waals surface area (Å²) in [6, 6.07) is 10.4. The number of nitrogens with zero attached hydrogens (tertiary/aromatic N) is 3. The molecular weight excluding hydrogens is 506 g/mol. The number of hydrogen-bond donors (Lipinski definition) is 1. The third-order valence-corrected chi connectivity index (χ3v) is 6.67. The van der Waals surface area contributed by atoms with Crippen molar-refractivity contribution >= 4 is 11.6 Å². The van der Waals surface area contributed by atoms with Gasteiger partial charge in [-0.1, -0.05) is 48.9 Å². The van der Waals surface area contributed by atoms with E-state index in [9.17, 15) is 22.7 Å². The minimum Gasteiger partial charge on any atom is -0.390 e. The number of aromatic nitrogens is 3. The summed E-state index contributed by atoms with van der Waals surface area (Å²) in [6.07, 6.45) is -9.08. The van der Waals surface area contributed by atoms with Crippen molar-refractivity contribution in [3.63, 3.8) is 0 Å². The van der Waals surface area contributed by atoms with E-state index in [-0.39, 0.29) is 18.3 Å². The Kier molecular flexibility index (Phi) is 6.54. The summed E-state index contributed by atoms with van der Waals surface area (Å²) in [4.78, 5) is 4.25. The number of benzene rings is 2. The van der Waals surface area contributed by atoms with Gasteiger partial charge in [0.05, 0.1) is 35.1 Å². The number of aliphatic hydroxyl groups is 1. The first-order valence-electron chi connectivity index (χ1n) is 11.2. The Morgan fingerprint density at radius 2 is 1.86 bits per heavy atom. The molecule has 0 aliphatic carbocycles. The summed E-state index contributed by atoms with van der Waals surface area (Å²) in [5.74, 6) is -1.66. The van der Waals surface area contributed by atoms with Crippen molar-refractivity contribution in [2.75, 3.05) is 6.61 Å². The van der Waals surface area contributed by atoms with E-state index in [1.807, 2.05) is 30.3 Å². The molecule has 0 saturated carbocycles. The molecule has 1 N–H and O–H groups in total. The lowest BCUT2D eigenvalue weighted by molar-refractivity contribution is -0.319. The molecule has 192 valence electrons. The summed E-state index contributed by atoms with van der Waals surface area (Å²) >= 11 is 5.82. The van der Waals surface area contributed by atoms with E-state index >= 15 is 0 Å². The predicted molar refractivity (Wildman–Crippen MR) is 119 cm³/mol. The van der Waals surface area contributed by atoms with Crippen molar-refractivity contribution in [1.29, 1.82) is 0 Å². The first kappa shape index (κ1) is 25.1. The van der Waals surface area contributed by atoms with Gasteiger partial charge >= 0.3 is 6.18 Å². The van der Waals surface area contributed by atoms with Gasteiger partial charge < -0.3 is 19.3 Å². The molecule has 36 heavy (non-hydrogen) atoms. The van der Waals surface area contributed by atoms with Crippen LogP contribution in [0.4, 0.5) is 17.6 Å². The zero-order valence-corrected chi connectivity index (χ0v) is 19.9. The molecule has 7 nitrogen and oxygen atoms in total. The molecule has 0 spiro atoms. The minimum atomic E-state index is -4.90. The third-order valence-electron chi connectivity index (χ3n) is 6.38. The highest BCUT2D eigenvalue weighted by Crippen LogP contribution is 2.43. The van der Waals surface area contributed by atoms with Crippen LogP contribution in [0.1, 0.15) is 42.1 Å². The number of alkyl halides is 3. The molecule has 0 radical (unpaired) electrons. The average Bonchev–Trinajstić information content (AvgIpc) is 3.23. The van der Waals surface area contributed by atoms with Gasteiger partial charge in [0.25, 0.3) is 0 Å². The molecule has 2 saturated heterocycles. The van der Waals surface area contributed by atoms with Crippen molar-refractivity contribution in [3.05, 3.63) is 76.1 Å². The van der Waals surface area contributed by atoms with Crippen LogP contribution in [0.3, 0.4) is 0 Å². The summed E-state index contributed by atoms with van der Waals surface area (Å²) in [7, 11) is 0. The summed E-state index contributed by atoms with van der Waals surface area (Å²) < 4.78 is 74.2. The van der Waals surface area contributed by atoms with Gasteiger partial charge in [-0.05, 0) is 19.1 Å². The third kappa shape index (κ3) is 4.50. The Morgan fingerprint density at radius 3 is 2.56 bits per heavy atom. The molecule has 12 heteroatoms. The van der Waals surface area contributed by atoms with Crippen molar-refractivity contribution in [2.24, 2.45) is 5.92 Å². The second kappa shape index (κ2) is 9.38. The van der Waals surface area contributed by atoms with E-state index in [0.717, 1.165) is 16.3 Å². The highest BCUT2D eigenvalue weighted by atomic mass is 35.5. The number of rotatable bonds is 3. The molecule has 4 unspecified atom stereocenters. The van der Waals surface area contributed by atoms with Crippen LogP contribution in [0.25, 0.3) is 5.69 Å². The quantitative estimate of drug-likeness (QED) is 0.486. The first-order chi connectivity index (χ1) is 17.0. The van der Waals surface area contributed by atoms with Gasteiger partial charge in [-0.15, -0.1) is 0 Å². The molecule has 5 rings (SSSR count). The number of halogens is 5. The van der Waals surface area contributed by atoms with Crippen molar-refractivity contribution < 1.29 is 36.9 Å². The summed E-state index contributed by atoms with van der Waals surface area (Å²) in [5.41, 5.74) is -1.01. The Hall–Kier alpha value is -2.57. The maximum atomic E-state index is 13.9. The molecule has 3 aromatic rings. The minimum absolute atomic E-state index is 0.0799. The Labute approximate surface area is 208 Å². The average molecular weight is 528 g/mol. The molecular formula is C24H22ClF4N3O4. The number of fused-ring (bicyclic) bond motifs is 1. The van der Waals surface area contributed by atoms with E-state index in [4.69, 9.17) is 25.8 Å². The molecule has 2 aliphatic heterocycles. The molecule has 2 aromatic carbocycles. The van der Waals surface area contributed by atoms with Gasteiger partial charge in [0, 0.05) is 11.5 Å². The van der Waals surface area contributed by atoms with E-state index in [1.54, 1.807) is 6.92 Å². The second-order valence-corrected chi connectivity index (χ2v) is 9.24. The van der Waals surface area contributed by atoms with Crippen LogP contribution in [0.2, 0.25) is 5.02 Å². The van der Waals surface area contributed by atoms with Crippen molar-refractivity contribution in [1.82, 2.24) is 14.8 Å². The van der Waals surface area contributed by atoms with Crippen LogP contribution in [0, 0.1) is 18.7 Å². The van der Waals surface area contributed by atoms with Crippen LogP contribution in [-0.2, 0) is 20.4 Å². The zero-order valence-electron chi connectivity index (χ0n) is 19.1. The highest BCUT2D eigenvalue weighted by molar-refractivity contribution is 6.30. The van der Waals surface area contributed by atoms with Crippen LogP contribution in [0.5, 0.6) is 0 Å².